The quantitative estimate of drug-likeness (QED) is 0.741. The second-order valence-corrected chi connectivity index (χ2v) is 7.14. The summed E-state index contributed by atoms with van der Waals surface area (Å²) < 4.78 is 10.5. The molecule has 2 N–H and O–H groups in total. The minimum absolute atomic E-state index is 0.0238. The molecule has 1 atom stereocenters. The maximum atomic E-state index is 12.5. The lowest BCUT2D eigenvalue weighted by atomic mass is 10.2. The molecule has 148 valence electrons. The molecule has 2 aromatic rings. The third-order valence-electron chi connectivity index (χ3n) is 4.28. The normalized spacial score (nSPS) is 13.3. The van der Waals surface area contributed by atoms with Gasteiger partial charge in [0.15, 0.2) is 11.5 Å². The molecule has 0 spiro atoms. The molecule has 0 aromatic heterocycles. The van der Waals surface area contributed by atoms with E-state index in [0.29, 0.717) is 32.9 Å². The highest BCUT2D eigenvalue weighted by atomic mass is 35.5. The van der Waals surface area contributed by atoms with Crippen LogP contribution in [0.1, 0.15) is 6.92 Å². The Morgan fingerprint density at radius 2 is 1.71 bits per heavy atom. The Hall–Kier alpha value is -2.48. The number of fused-ring (bicyclic) bond motifs is 1. The van der Waals surface area contributed by atoms with Gasteiger partial charge in [-0.2, -0.15) is 0 Å². The lowest BCUT2D eigenvalue weighted by Gasteiger charge is -2.23. The number of carbonyl (C=O) groups excluding carboxylic acids is 2. The van der Waals surface area contributed by atoms with Crippen LogP contribution in [0.25, 0.3) is 0 Å². The minimum atomic E-state index is -0.537. The van der Waals surface area contributed by atoms with E-state index in [0.717, 1.165) is 0 Å². The molecule has 9 heteroatoms. The van der Waals surface area contributed by atoms with Crippen molar-refractivity contribution >= 4 is 46.4 Å². The highest BCUT2D eigenvalue weighted by Gasteiger charge is 2.21. The number of nitrogens with zero attached hydrogens (tertiary/aromatic N) is 1. The first-order valence-corrected chi connectivity index (χ1v) is 9.25. The van der Waals surface area contributed by atoms with Gasteiger partial charge in [0, 0.05) is 17.4 Å². The Bertz CT molecular complexity index is 907. The minimum Gasteiger partial charge on any atom is -0.454 e. The molecule has 28 heavy (non-hydrogen) atoms. The number of rotatable bonds is 6. The fourth-order valence-electron chi connectivity index (χ4n) is 2.56. The average molecular weight is 424 g/mol. The molecular weight excluding hydrogens is 405 g/mol. The van der Waals surface area contributed by atoms with Crippen molar-refractivity contribution in [2.75, 3.05) is 31.0 Å². The molecule has 2 amide bonds. The summed E-state index contributed by atoms with van der Waals surface area (Å²) in [6.45, 7) is 1.91. The number of benzene rings is 2. The van der Waals surface area contributed by atoms with E-state index < -0.39 is 6.04 Å². The number of likely N-dealkylation sites (N-methyl/N-ethyl adjacent to an activating group) is 1. The van der Waals surface area contributed by atoms with Gasteiger partial charge >= 0.3 is 0 Å². The summed E-state index contributed by atoms with van der Waals surface area (Å²) in [5.41, 5.74) is 1.13. The van der Waals surface area contributed by atoms with E-state index >= 15 is 0 Å². The van der Waals surface area contributed by atoms with Gasteiger partial charge < -0.3 is 20.1 Å². The third kappa shape index (κ3) is 4.86. The molecule has 1 aliphatic rings. The van der Waals surface area contributed by atoms with Gasteiger partial charge in [-0.05, 0) is 44.3 Å². The number of halogens is 2. The van der Waals surface area contributed by atoms with Crippen LogP contribution in [0.5, 0.6) is 11.5 Å². The molecule has 0 radical (unpaired) electrons. The Morgan fingerprint density at radius 3 is 2.46 bits per heavy atom. The average Bonchev–Trinajstić information content (AvgIpc) is 3.11. The molecule has 0 saturated carbocycles. The van der Waals surface area contributed by atoms with Gasteiger partial charge in [-0.1, -0.05) is 23.2 Å². The molecule has 0 fully saturated rings. The van der Waals surface area contributed by atoms with Crippen LogP contribution in [0.2, 0.25) is 10.0 Å². The second kappa shape index (κ2) is 8.68. The summed E-state index contributed by atoms with van der Waals surface area (Å²) in [6.07, 6.45) is 0. The lowest BCUT2D eigenvalue weighted by molar-refractivity contribution is -0.122. The van der Waals surface area contributed by atoms with Crippen LogP contribution < -0.4 is 20.1 Å². The summed E-state index contributed by atoms with van der Waals surface area (Å²) in [5.74, 6) is 0.703. The fourth-order valence-corrected chi connectivity index (χ4v) is 2.86. The van der Waals surface area contributed by atoms with Crippen molar-refractivity contribution in [3.63, 3.8) is 0 Å². The predicted octanol–water partition coefficient (Wildman–Crippen LogP) is 3.62. The molecular formula is C19H19Cl2N3O4. The van der Waals surface area contributed by atoms with Crippen LogP contribution in [0.15, 0.2) is 36.4 Å². The van der Waals surface area contributed by atoms with E-state index in [1.807, 2.05) is 0 Å². The highest BCUT2D eigenvalue weighted by molar-refractivity contribution is 6.42. The van der Waals surface area contributed by atoms with Gasteiger partial charge in [0.1, 0.15) is 0 Å². The van der Waals surface area contributed by atoms with Crippen molar-refractivity contribution in [2.24, 2.45) is 0 Å². The number of anilines is 2. The van der Waals surface area contributed by atoms with Crippen LogP contribution in [-0.4, -0.2) is 43.1 Å². The van der Waals surface area contributed by atoms with Crippen LogP contribution in [0.4, 0.5) is 11.4 Å². The molecule has 0 aliphatic carbocycles. The number of carbonyl (C=O) groups is 2. The first-order valence-electron chi connectivity index (χ1n) is 8.49. The van der Waals surface area contributed by atoms with Crippen molar-refractivity contribution in [1.82, 2.24) is 4.90 Å². The second-order valence-electron chi connectivity index (χ2n) is 6.33. The zero-order valence-corrected chi connectivity index (χ0v) is 16.8. The van der Waals surface area contributed by atoms with Gasteiger partial charge in [-0.3, -0.25) is 14.5 Å². The zero-order valence-electron chi connectivity index (χ0n) is 15.3. The Morgan fingerprint density at radius 1 is 1.04 bits per heavy atom. The van der Waals surface area contributed by atoms with E-state index in [1.165, 1.54) is 0 Å². The highest BCUT2D eigenvalue weighted by Crippen LogP contribution is 2.34. The first kappa shape index (κ1) is 20.3. The van der Waals surface area contributed by atoms with E-state index in [2.05, 4.69) is 10.6 Å². The van der Waals surface area contributed by atoms with E-state index in [9.17, 15) is 9.59 Å². The summed E-state index contributed by atoms with van der Waals surface area (Å²) >= 11 is 11.8. The summed E-state index contributed by atoms with van der Waals surface area (Å²) in [5, 5.41) is 6.29. The third-order valence-corrected chi connectivity index (χ3v) is 5.02. The maximum Gasteiger partial charge on any atom is 0.241 e. The van der Waals surface area contributed by atoms with E-state index in [4.69, 9.17) is 32.7 Å². The monoisotopic (exact) mass is 423 g/mol. The predicted molar refractivity (Wildman–Crippen MR) is 108 cm³/mol. The first-order chi connectivity index (χ1) is 13.3. The smallest absolute Gasteiger partial charge is 0.241 e. The summed E-state index contributed by atoms with van der Waals surface area (Å²) in [4.78, 5) is 26.4. The molecule has 1 heterocycles. The molecule has 7 nitrogen and oxygen atoms in total. The summed E-state index contributed by atoms with van der Waals surface area (Å²) in [6, 6.07) is 9.45. The van der Waals surface area contributed by atoms with Gasteiger partial charge in [0.2, 0.25) is 18.6 Å². The standard InChI is InChI=1S/C19H19Cl2N3O4/c1-11(19(26)23-13-4-6-16-17(8-13)28-10-27-16)24(2)9-18(25)22-12-3-5-14(20)15(21)7-12/h3-8,11H,9-10H2,1-2H3,(H,22,25)(H,23,26). The molecule has 2 aromatic carbocycles. The van der Waals surface area contributed by atoms with Gasteiger partial charge in [0.05, 0.1) is 22.6 Å². The largest absolute Gasteiger partial charge is 0.454 e. The van der Waals surface area contributed by atoms with Crippen molar-refractivity contribution in [3.05, 3.63) is 46.4 Å². The number of amides is 2. The topological polar surface area (TPSA) is 79.9 Å². The van der Waals surface area contributed by atoms with Crippen molar-refractivity contribution in [3.8, 4) is 11.5 Å². The van der Waals surface area contributed by atoms with Crippen LogP contribution >= 0.6 is 23.2 Å². The number of ether oxygens (including phenoxy) is 2. The van der Waals surface area contributed by atoms with E-state index in [-0.39, 0.29) is 25.2 Å². The van der Waals surface area contributed by atoms with Gasteiger partial charge in [-0.25, -0.2) is 0 Å². The van der Waals surface area contributed by atoms with Crippen LogP contribution in [0.3, 0.4) is 0 Å². The number of hydrogen-bond acceptors (Lipinski definition) is 5. The molecule has 3 rings (SSSR count). The van der Waals surface area contributed by atoms with E-state index in [1.54, 1.807) is 55.3 Å². The Labute approximate surface area is 172 Å². The maximum absolute atomic E-state index is 12.5. The molecule has 1 unspecified atom stereocenters. The molecule has 0 bridgehead atoms. The zero-order chi connectivity index (χ0) is 20.3. The van der Waals surface area contributed by atoms with Gasteiger partial charge in [0.25, 0.3) is 0 Å². The van der Waals surface area contributed by atoms with Crippen molar-refractivity contribution in [2.45, 2.75) is 13.0 Å². The number of hydrogen-bond donors (Lipinski definition) is 2. The Kier molecular flexibility index (Phi) is 6.28. The fraction of sp³-hybridized carbons (Fsp3) is 0.263. The van der Waals surface area contributed by atoms with Gasteiger partial charge in [-0.15, -0.1) is 0 Å². The lowest BCUT2D eigenvalue weighted by Crippen LogP contribution is -2.43. The summed E-state index contributed by atoms with van der Waals surface area (Å²) in [7, 11) is 1.69. The van der Waals surface area contributed by atoms with Crippen molar-refractivity contribution < 1.29 is 19.1 Å². The molecule has 1 aliphatic heterocycles. The number of nitrogens with one attached hydrogen (secondary N) is 2. The Balaban J connectivity index is 1.54. The van der Waals surface area contributed by atoms with Crippen molar-refractivity contribution in [1.29, 1.82) is 0 Å². The van der Waals surface area contributed by atoms with Crippen LogP contribution in [0, 0.1) is 0 Å². The SMILES string of the molecule is CC(C(=O)Nc1ccc2c(c1)OCO2)N(C)CC(=O)Nc1ccc(Cl)c(Cl)c1. The molecule has 0 saturated heterocycles. The van der Waals surface area contributed by atoms with Crippen LogP contribution in [-0.2, 0) is 9.59 Å².